The summed E-state index contributed by atoms with van der Waals surface area (Å²) in [5, 5.41) is 2.97. The van der Waals surface area contributed by atoms with Crippen LogP contribution in [0.2, 0.25) is 0 Å². The lowest BCUT2D eigenvalue weighted by molar-refractivity contribution is -0.869. The van der Waals surface area contributed by atoms with Gasteiger partial charge in [-0.05, 0) is 25.7 Å². The first-order valence-electron chi connectivity index (χ1n) is 6.68. The minimum Gasteiger partial charge on any atom is -0.350 e. The molecule has 0 rings (SSSR count). The fraction of sp³-hybridized carbons (Fsp3) is 0.786. The summed E-state index contributed by atoms with van der Waals surface area (Å²) in [6, 6.07) is 0. The van der Waals surface area contributed by atoms with Crippen molar-refractivity contribution in [1.82, 2.24) is 5.32 Å². The molecule has 0 saturated heterocycles. The van der Waals surface area contributed by atoms with E-state index in [4.69, 9.17) is 0 Å². The predicted octanol–water partition coefficient (Wildman–Crippen LogP) is 2.34. The molecule has 0 aliphatic rings. The van der Waals surface area contributed by atoms with Crippen molar-refractivity contribution in [1.29, 1.82) is 0 Å². The van der Waals surface area contributed by atoms with Crippen LogP contribution < -0.4 is 5.32 Å². The molecule has 0 bridgehead atoms. The van der Waals surface area contributed by atoms with Crippen LogP contribution in [0.4, 0.5) is 0 Å². The third-order valence-corrected chi connectivity index (χ3v) is 2.53. The van der Waals surface area contributed by atoms with Crippen LogP contribution in [0.5, 0.6) is 0 Å². The van der Waals surface area contributed by atoms with Crippen LogP contribution in [-0.4, -0.2) is 44.6 Å². The molecule has 0 aromatic rings. The fourth-order valence-electron chi connectivity index (χ4n) is 1.45. The molecule has 0 unspecified atom stereocenters. The van der Waals surface area contributed by atoms with E-state index in [9.17, 15) is 4.79 Å². The van der Waals surface area contributed by atoms with E-state index in [1.165, 1.54) is 0 Å². The Balaban J connectivity index is 3.38. The predicted molar refractivity (Wildman–Crippen MR) is 73.8 cm³/mol. The molecule has 3 heteroatoms. The first-order chi connectivity index (χ1) is 7.95. The molecule has 0 fully saturated rings. The van der Waals surface area contributed by atoms with Gasteiger partial charge in [0.25, 0.3) is 0 Å². The van der Waals surface area contributed by atoms with E-state index >= 15 is 0 Å². The Bertz CT molecular complexity index is 229. The molecule has 17 heavy (non-hydrogen) atoms. The largest absolute Gasteiger partial charge is 0.350 e. The van der Waals surface area contributed by atoms with Gasteiger partial charge in [-0.25, -0.2) is 0 Å². The van der Waals surface area contributed by atoms with E-state index in [0.29, 0.717) is 6.42 Å². The second-order valence-electron chi connectivity index (χ2n) is 5.49. The van der Waals surface area contributed by atoms with Gasteiger partial charge in [-0.15, -0.1) is 0 Å². The van der Waals surface area contributed by atoms with Crippen molar-refractivity contribution < 1.29 is 9.28 Å². The van der Waals surface area contributed by atoms with Gasteiger partial charge in [-0.3, -0.25) is 4.79 Å². The van der Waals surface area contributed by atoms with E-state index in [2.05, 4.69) is 45.5 Å². The Morgan fingerprint density at radius 2 is 1.88 bits per heavy atom. The van der Waals surface area contributed by atoms with Crippen molar-refractivity contribution >= 4 is 5.91 Å². The Morgan fingerprint density at radius 3 is 2.47 bits per heavy atom. The lowest BCUT2D eigenvalue weighted by Crippen LogP contribution is -2.41. The highest BCUT2D eigenvalue weighted by atomic mass is 16.1. The number of unbranched alkanes of at least 4 members (excludes halogenated alkanes) is 2. The zero-order valence-electron chi connectivity index (χ0n) is 12.0. The SMILES string of the molecule is CC/C=C/CCCCC(=O)NCC[N+](C)(C)C. The second-order valence-corrected chi connectivity index (χ2v) is 5.49. The molecule has 1 N–H and O–H groups in total. The Kier molecular flexibility index (Phi) is 8.78. The monoisotopic (exact) mass is 241 g/mol. The number of hydrogen-bond acceptors (Lipinski definition) is 1. The number of quaternary nitrogens is 1. The van der Waals surface area contributed by atoms with Crippen LogP contribution in [0.3, 0.4) is 0 Å². The molecule has 0 aromatic heterocycles. The molecule has 0 aliphatic carbocycles. The summed E-state index contributed by atoms with van der Waals surface area (Å²) >= 11 is 0. The van der Waals surface area contributed by atoms with Crippen molar-refractivity contribution in [3.05, 3.63) is 12.2 Å². The zero-order valence-corrected chi connectivity index (χ0v) is 12.0. The van der Waals surface area contributed by atoms with Crippen LogP contribution in [0.15, 0.2) is 12.2 Å². The number of hydrogen-bond donors (Lipinski definition) is 1. The van der Waals surface area contributed by atoms with Crippen LogP contribution in [0, 0.1) is 0 Å². The molecule has 100 valence electrons. The van der Waals surface area contributed by atoms with Gasteiger partial charge in [0, 0.05) is 6.42 Å². The molecule has 0 atom stereocenters. The van der Waals surface area contributed by atoms with Gasteiger partial charge in [0.05, 0.1) is 34.2 Å². The number of nitrogens with one attached hydrogen (secondary N) is 1. The first kappa shape index (κ1) is 16.2. The maximum absolute atomic E-state index is 11.5. The van der Waals surface area contributed by atoms with Crippen LogP contribution in [0.25, 0.3) is 0 Å². The van der Waals surface area contributed by atoms with Gasteiger partial charge in [0.2, 0.25) is 5.91 Å². The van der Waals surface area contributed by atoms with Crippen molar-refractivity contribution in [2.75, 3.05) is 34.2 Å². The van der Waals surface area contributed by atoms with E-state index in [0.717, 1.165) is 43.3 Å². The molecule has 0 saturated carbocycles. The van der Waals surface area contributed by atoms with E-state index in [1.54, 1.807) is 0 Å². The smallest absolute Gasteiger partial charge is 0.220 e. The van der Waals surface area contributed by atoms with E-state index in [1.807, 2.05) is 0 Å². The lowest BCUT2D eigenvalue weighted by Gasteiger charge is -2.23. The van der Waals surface area contributed by atoms with Gasteiger partial charge in [-0.2, -0.15) is 0 Å². The topological polar surface area (TPSA) is 29.1 Å². The molecule has 0 aromatic carbocycles. The van der Waals surface area contributed by atoms with Gasteiger partial charge in [0.15, 0.2) is 0 Å². The summed E-state index contributed by atoms with van der Waals surface area (Å²) in [4.78, 5) is 11.5. The molecule has 1 amide bonds. The van der Waals surface area contributed by atoms with Crippen molar-refractivity contribution in [2.24, 2.45) is 0 Å². The zero-order chi connectivity index (χ0) is 13.1. The number of carbonyl (C=O) groups is 1. The molecular formula is C14H29N2O+. The Morgan fingerprint density at radius 1 is 1.18 bits per heavy atom. The fourth-order valence-corrected chi connectivity index (χ4v) is 1.45. The summed E-state index contributed by atoms with van der Waals surface area (Å²) < 4.78 is 0.891. The van der Waals surface area contributed by atoms with E-state index in [-0.39, 0.29) is 5.91 Å². The summed E-state index contributed by atoms with van der Waals surface area (Å²) in [5.74, 6) is 0.193. The highest BCUT2D eigenvalue weighted by molar-refractivity contribution is 5.75. The normalized spacial score (nSPS) is 12.0. The number of carbonyl (C=O) groups excluding carboxylic acids is 1. The minimum absolute atomic E-state index is 0.193. The van der Waals surface area contributed by atoms with Crippen molar-refractivity contribution in [3.63, 3.8) is 0 Å². The number of nitrogens with zero attached hydrogens (tertiary/aromatic N) is 1. The van der Waals surface area contributed by atoms with E-state index < -0.39 is 0 Å². The molecule has 3 nitrogen and oxygen atoms in total. The highest BCUT2D eigenvalue weighted by Gasteiger charge is 2.07. The van der Waals surface area contributed by atoms with Crippen LogP contribution >= 0.6 is 0 Å². The third kappa shape index (κ3) is 13.1. The average Bonchev–Trinajstić information content (AvgIpc) is 2.21. The Labute approximate surface area is 106 Å². The van der Waals surface area contributed by atoms with Crippen molar-refractivity contribution in [3.8, 4) is 0 Å². The van der Waals surface area contributed by atoms with Crippen molar-refractivity contribution in [2.45, 2.75) is 39.0 Å². The maximum atomic E-state index is 11.5. The lowest BCUT2D eigenvalue weighted by atomic mass is 10.2. The average molecular weight is 241 g/mol. The number of likely N-dealkylation sites (N-methyl/N-ethyl adjacent to an activating group) is 1. The Hall–Kier alpha value is -0.830. The van der Waals surface area contributed by atoms with Gasteiger partial charge in [0.1, 0.15) is 0 Å². The quantitative estimate of drug-likeness (QED) is 0.375. The van der Waals surface area contributed by atoms with Crippen LogP contribution in [-0.2, 0) is 4.79 Å². The minimum atomic E-state index is 0.193. The number of rotatable bonds is 9. The first-order valence-corrected chi connectivity index (χ1v) is 6.68. The maximum Gasteiger partial charge on any atom is 0.220 e. The number of amides is 1. The molecule has 0 radical (unpaired) electrons. The van der Waals surface area contributed by atoms with Gasteiger partial charge >= 0.3 is 0 Å². The molecule has 0 heterocycles. The third-order valence-electron chi connectivity index (χ3n) is 2.53. The standard InChI is InChI=1S/C14H28N2O/c1-5-6-7-8-9-10-11-14(17)15-12-13-16(2,3)4/h6-7H,5,8-13H2,1-4H3/p+1/b7-6+. The number of allylic oxidation sites excluding steroid dienone is 2. The van der Waals surface area contributed by atoms with Gasteiger partial charge < -0.3 is 9.80 Å². The van der Waals surface area contributed by atoms with Crippen LogP contribution in [0.1, 0.15) is 39.0 Å². The molecule has 0 aliphatic heterocycles. The second kappa shape index (κ2) is 9.23. The summed E-state index contributed by atoms with van der Waals surface area (Å²) in [6.07, 6.45) is 9.35. The molecular weight excluding hydrogens is 212 g/mol. The summed E-state index contributed by atoms with van der Waals surface area (Å²) in [5.41, 5.74) is 0. The van der Waals surface area contributed by atoms with Gasteiger partial charge in [-0.1, -0.05) is 19.1 Å². The highest BCUT2D eigenvalue weighted by Crippen LogP contribution is 2.01. The summed E-state index contributed by atoms with van der Waals surface area (Å²) in [7, 11) is 6.39. The summed E-state index contributed by atoms with van der Waals surface area (Å²) in [6.45, 7) is 3.89. The molecule has 0 spiro atoms.